The number of amides is 1. The molecule has 14 heteroatoms. The molecule has 2 aliphatic rings. The highest BCUT2D eigenvalue weighted by molar-refractivity contribution is 6.31. The molecule has 2 aromatic carbocycles. The van der Waals surface area contributed by atoms with Crippen molar-refractivity contribution >= 4 is 40.5 Å². The highest BCUT2D eigenvalue weighted by atomic mass is 35.5. The van der Waals surface area contributed by atoms with Gasteiger partial charge in [-0.05, 0) is 54.7 Å². The quantitative estimate of drug-likeness (QED) is 0.165. The Balaban J connectivity index is 1.27. The Labute approximate surface area is 247 Å². The minimum absolute atomic E-state index is 0.0294. The fourth-order valence-electron chi connectivity index (χ4n) is 5.38. The predicted molar refractivity (Wildman–Crippen MR) is 147 cm³/mol. The number of methoxy groups -OCH3 is 1. The van der Waals surface area contributed by atoms with Crippen LogP contribution in [-0.4, -0.2) is 57.9 Å². The van der Waals surface area contributed by atoms with Gasteiger partial charge in [0.1, 0.15) is 17.5 Å². The molecule has 1 fully saturated rings. The average Bonchev–Trinajstić information content (AvgIpc) is 3.59. The monoisotopic (exact) mass is 620 g/mol. The zero-order valence-electron chi connectivity index (χ0n) is 22.7. The first kappa shape index (κ1) is 30.1. The van der Waals surface area contributed by atoms with Crippen LogP contribution in [0.1, 0.15) is 46.7 Å². The summed E-state index contributed by atoms with van der Waals surface area (Å²) in [5.41, 5.74) is 6.40. The van der Waals surface area contributed by atoms with Gasteiger partial charge in [-0.25, -0.2) is 14.2 Å². The Kier molecular flexibility index (Phi) is 8.19. The van der Waals surface area contributed by atoms with Crippen molar-refractivity contribution in [2.45, 2.75) is 44.1 Å². The maximum absolute atomic E-state index is 14.7. The van der Waals surface area contributed by atoms with Crippen molar-refractivity contribution in [3.05, 3.63) is 82.2 Å². The molecular weight excluding hydrogens is 596 g/mol. The lowest BCUT2D eigenvalue weighted by molar-refractivity contribution is -0.152. The number of rotatable bonds is 8. The second kappa shape index (κ2) is 11.7. The molecule has 0 bridgehead atoms. The number of imidazole rings is 1. The number of esters is 1. The third-order valence-corrected chi connectivity index (χ3v) is 7.70. The van der Waals surface area contributed by atoms with Gasteiger partial charge in [0.15, 0.2) is 12.4 Å². The number of ether oxygens (including phenoxy) is 2. The summed E-state index contributed by atoms with van der Waals surface area (Å²) in [6.45, 7) is -1.09. The van der Waals surface area contributed by atoms with E-state index in [2.05, 4.69) is 4.98 Å². The Bertz CT molecular complexity index is 1620. The number of hydrogen-bond donors (Lipinski definition) is 1. The van der Waals surface area contributed by atoms with Crippen molar-refractivity contribution in [1.29, 1.82) is 0 Å². The van der Waals surface area contributed by atoms with Crippen LogP contribution < -0.4 is 10.5 Å². The summed E-state index contributed by atoms with van der Waals surface area (Å²) in [7, 11) is 1.46. The normalized spacial score (nSPS) is 18.3. The van der Waals surface area contributed by atoms with Crippen LogP contribution in [0.15, 0.2) is 48.7 Å². The molecule has 0 unspecified atom stereocenters. The molecule has 2 atom stereocenters. The molecule has 0 aliphatic carbocycles. The molecule has 2 aliphatic heterocycles. The third-order valence-electron chi connectivity index (χ3n) is 7.40. The van der Waals surface area contributed by atoms with Crippen molar-refractivity contribution in [1.82, 2.24) is 14.5 Å². The largest absolute Gasteiger partial charge is 0.497 e. The number of fused-ring (bicyclic) bond motifs is 1. The number of carbonyl (C=O) groups excluding carboxylic acids is 3. The zero-order chi connectivity index (χ0) is 31.1. The van der Waals surface area contributed by atoms with Crippen molar-refractivity contribution < 1.29 is 41.4 Å². The molecule has 1 amide bonds. The number of nitrogen functional groups attached to an aromatic ring is 1. The van der Waals surface area contributed by atoms with Gasteiger partial charge in [-0.2, -0.15) is 13.2 Å². The smallest absolute Gasteiger partial charge is 0.449 e. The van der Waals surface area contributed by atoms with E-state index in [0.717, 1.165) is 10.8 Å². The van der Waals surface area contributed by atoms with Gasteiger partial charge in [-0.3, -0.25) is 9.59 Å². The molecule has 0 spiro atoms. The van der Waals surface area contributed by atoms with Crippen LogP contribution in [-0.2, 0) is 27.0 Å². The van der Waals surface area contributed by atoms with E-state index >= 15 is 0 Å². The van der Waals surface area contributed by atoms with Gasteiger partial charge in [0.05, 0.1) is 12.1 Å². The second-order valence-electron chi connectivity index (χ2n) is 10.1. The molecular formula is C29H25ClF4N4O5. The maximum Gasteiger partial charge on any atom is 0.449 e. The Hall–Kier alpha value is -4.39. The second-order valence-corrected chi connectivity index (χ2v) is 10.6. The van der Waals surface area contributed by atoms with Gasteiger partial charge < -0.3 is 24.7 Å². The van der Waals surface area contributed by atoms with E-state index in [4.69, 9.17) is 26.8 Å². The lowest BCUT2D eigenvalue weighted by Crippen LogP contribution is -2.47. The van der Waals surface area contributed by atoms with Crippen molar-refractivity contribution in [3.63, 3.8) is 0 Å². The third kappa shape index (κ3) is 6.07. The van der Waals surface area contributed by atoms with E-state index < -0.39 is 59.9 Å². The van der Waals surface area contributed by atoms with Gasteiger partial charge in [-0.1, -0.05) is 23.7 Å². The van der Waals surface area contributed by atoms with Crippen molar-refractivity contribution in [3.8, 4) is 5.75 Å². The number of aromatic nitrogens is 2. The number of nitrogens with zero attached hydrogens (tertiary/aromatic N) is 3. The topological polar surface area (TPSA) is 117 Å². The van der Waals surface area contributed by atoms with E-state index in [1.54, 1.807) is 24.3 Å². The van der Waals surface area contributed by atoms with Crippen LogP contribution in [0.4, 0.5) is 23.2 Å². The molecule has 1 saturated heterocycles. The SMILES string of the molecule is COc1ccc(Cn2cc(C(=O)COC(=O)[C@@H]3CC[C@@H]4CC(c5c(N)ccc(Cl)c5F)=CC(=O)N43)nc2C(F)(F)F)cc1. The molecule has 226 valence electrons. The van der Waals surface area contributed by atoms with E-state index in [9.17, 15) is 31.9 Å². The molecule has 0 radical (unpaired) electrons. The maximum atomic E-state index is 14.7. The number of Topliss-reactive ketones (excluding diaryl/α,β-unsaturated/α-hetero) is 1. The number of carbonyl (C=O) groups is 3. The van der Waals surface area contributed by atoms with Crippen LogP contribution in [0.2, 0.25) is 5.02 Å². The fraction of sp³-hybridized carbons (Fsp3) is 0.310. The molecule has 0 saturated carbocycles. The fourth-order valence-corrected chi connectivity index (χ4v) is 5.54. The van der Waals surface area contributed by atoms with E-state index in [1.807, 2.05) is 0 Å². The number of alkyl halides is 3. The standard InChI is InChI=1S/C29H25ClF4N4O5/c1-42-18-5-2-15(3-6-18)12-37-13-21(36-28(37)29(32,33)34)23(39)14-43-27(41)22-9-4-17-10-16(11-24(40)38(17)22)25-20(35)8-7-19(30)26(25)31/h2-3,5-8,11,13,17,22H,4,9-10,12,14,35H2,1H3/t17-,22+/m1/s1. The number of anilines is 1. The van der Waals surface area contributed by atoms with Crippen molar-refractivity contribution in [2.75, 3.05) is 19.5 Å². The van der Waals surface area contributed by atoms with Crippen LogP contribution in [0, 0.1) is 5.82 Å². The number of halogens is 5. The highest BCUT2D eigenvalue weighted by Crippen LogP contribution is 2.40. The summed E-state index contributed by atoms with van der Waals surface area (Å²) in [5, 5.41) is -0.148. The van der Waals surface area contributed by atoms with Gasteiger partial charge >= 0.3 is 12.1 Å². The lowest BCUT2D eigenvalue weighted by atomic mass is 9.92. The van der Waals surface area contributed by atoms with Crippen LogP contribution in [0.5, 0.6) is 5.75 Å². The summed E-state index contributed by atoms with van der Waals surface area (Å²) in [5.74, 6) is -3.90. The van der Waals surface area contributed by atoms with Crippen LogP contribution >= 0.6 is 11.6 Å². The Morgan fingerprint density at radius 3 is 2.53 bits per heavy atom. The molecule has 3 heterocycles. The molecule has 1 aromatic heterocycles. The summed E-state index contributed by atoms with van der Waals surface area (Å²) in [4.78, 5) is 43.4. The minimum atomic E-state index is -4.85. The number of ketones is 1. The molecule has 5 rings (SSSR count). The van der Waals surface area contributed by atoms with E-state index in [1.165, 1.54) is 30.2 Å². The first-order valence-corrected chi connectivity index (χ1v) is 13.5. The van der Waals surface area contributed by atoms with Crippen molar-refractivity contribution in [2.24, 2.45) is 0 Å². The zero-order valence-corrected chi connectivity index (χ0v) is 23.4. The van der Waals surface area contributed by atoms with Gasteiger partial charge in [0, 0.05) is 36.1 Å². The van der Waals surface area contributed by atoms with E-state index in [0.29, 0.717) is 23.3 Å². The first-order valence-electron chi connectivity index (χ1n) is 13.1. The average molecular weight is 621 g/mol. The van der Waals surface area contributed by atoms with Gasteiger partial charge in [0.25, 0.3) is 0 Å². The summed E-state index contributed by atoms with van der Waals surface area (Å²) in [6, 6.07) is 7.61. The molecule has 43 heavy (non-hydrogen) atoms. The van der Waals surface area contributed by atoms with Crippen LogP contribution in [0.3, 0.4) is 0 Å². The summed E-state index contributed by atoms with van der Waals surface area (Å²) < 4.78 is 66.7. The summed E-state index contributed by atoms with van der Waals surface area (Å²) in [6.07, 6.45) is -1.89. The van der Waals surface area contributed by atoms with Gasteiger partial charge in [-0.15, -0.1) is 0 Å². The van der Waals surface area contributed by atoms with E-state index in [-0.39, 0.29) is 35.7 Å². The number of hydrogen-bond acceptors (Lipinski definition) is 7. The first-order chi connectivity index (χ1) is 20.4. The lowest BCUT2D eigenvalue weighted by Gasteiger charge is -2.33. The number of nitrogens with two attached hydrogens (primary N) is 1. The van der Waals surface area contributed by atoms with Gasteiger partial charge in [0.2, 0.25) is 17.5 Å². The van der Waals surface area contributed by atoms with Crippen LogP contribution in [0.25, 0.3) is 5.57 Å². The highest BCUT2D eigenvalue weighted by Gasteiger charge is 2.44. The Morgan fingerprint density at radius 2 is 1.86 bits per heavy atom. The Morgan fingerprint density at radius 1 is 1.14 bits per heavy atom. The molecule has 3 aromatic rings. The summed E-state index contributed by atoms with van der Waals surface area (Å²) >= 11 is 5.89. The predicted octanol–water partition coefficient (Wildman–Crippen LogP) is 4.91. The molecule has 2 N–H and O–H groups in total. The minimum Gasteiger partial charge on any atom is -0.497 e. The number of benzene rings is 2. The molecule has 9 nitrogen and oxygen atoms in total.